The zero-order valence-electron chi connectivity index (χ0n) is 78.1. The van der Waals surface area contributed by atoms with Crippen molar-refractivity contribution < 1.29 is 95.7 Å². The minimum Gasteiger partial charge on any atom is -0.481 e. The Kier molecular flexibility index (Phi) is 38.3. The van der Waals surface area contributed by atoms with Crippen molar-refractivity contribution in [3.05, 3.63) is 154 Å². The first-order valence-electron chi connectivity index (χ1n) is 47.5. The molecular formula is C102H138N10O20. The Bertz CT molecular complexity index is 4940. The number of aromatic nitrogens is 3. The molecule has 132 heavy (non-hydrogen) atoms. The number of nitrogens with zero attached hydrogens (tertiary/aromatic N) is 3. The predicted octanol–water partition coefficient (Wildman–Crippen LogP) is 12.9. The fourth-order valence-corrected chi connectivity index (χ4v) is 20.7. The molecule has 11 rings (SSSR count). The number of carbonyl (C=O) groups is 11. The second-order valence-electron chi connectivity index (χ2n) is 37.3. The van der Waals surface area contributed by atoms with Crippen LogP contribution in [-0.4, -0.2) is 203 Å². The molecule has 716 valence electrons. The zero-order valence-corrected chi connectivity index (χ0v) is 78.1. The number of primary amides is 1. The molecule has 0 bridgehead atoms. The molecule has 0 radical (unpaired) electrons. The van der Waals surface area contributed by atoms with E-state index in [4.69, 9.17) is 49.4 Å². The van der Waals surface area contributed by atoms with E-state index in [1.807, 2.05) is 77.5 Å². The maximum atomic E-state index is 15.0. The lowest BCUT2D eigenvalue weighted by Crippen LogP contribution is -2.55. The third-order valence-electron chi connectivity index (χ3n) is 27.9. The van der Waals surface area contributed by atoms with Crippen LogP contribution in [0.3, 0.4) is 0 Å². The van der Waals surface area contributed by atoms with Crippen molar-refractivity contribution in [2.75, 3.05) is 117 Å². The molecule has 30 heteroatoms. The summed E-state index contributed by atoms with van der Waals surface area (Å²) < 4.78 is 47.2. The van der Waals surface area contributed by atoms with Crippen molar-refractivity contribution in [2.24, 2.45) is 40.2 Å². The average molecular weight is 1820 g/mol. The van der Waals surface area contributed by atoms with Gasteiger partial charge in [0.1, 0.15) is 29.7 Å². The number of amides is 6. The van der Waals surface area contributed by atoms with Crippen molar-refractivity contribution in [3.8, 4) is 22.5 Å². The Balaban J connectivity index is 0.557. The van der Waals surface area contributed by atoms with Crippen LogP contribution >= 0.6 is 0 Å². The minimum atomic E-state index is -1.21. The summed E-state index contributed by atoms with van der Waals surface area (Å²) in [6.45, 7) is 19.8. The Labute approximate surface area is 775 Å². The van der Waals surface area contributed by atoms with Gasteiger partial charge in [0.05, 0.1) is 117 Å². The third-order valence-corrected chi connectivity index (χ3v) is 27.9. The normalized spacial score (nSPS) is 20.6. The summed E-state index contributed by atoms with van der Waals surface area (Å²) in [6.07, 6.45) is 9.17. The van der Waals surface area contributed by atoms with Gasteiger partial charge in [-0.2, -0.15) is 0 Å². The number of rotatable bonds is 55. The number of unbranched alkanes of at least 4 members (excludes halogenated alkanes) is 1. The van der Waals surface area contributed by atoms with Gasteiger partial charge >= 0.3 is 18.1 Å². The van der Waals surface area contributed by atoms with Crippen LogP contribution < -0.4 is 38.1 Å². The number of carboxylic acids is 1. The Morgan fingerprint density at radius 3 is 1.78 bits per heavy atom. The van der Waals surface area contributed by atoms with Gasteiger partial charge in [-0.15, -0.1) is 5.10 Å². The molecule has 2 saturated carbocycles. The Morgan fingerprint density at radius 1 is 0.568 bits per heavy atom. The van der Waals surface area contributed by atoms with E-state index < -0.39 is 82.3 Å². The molecule has 1 unspecified atom stereocenters. The number of aliphatic carboxylic acids is 1. The minimum absolute atomic E-state index is 0.00370. The quantitative estimate of drug-likeness (QED) is 0.00998. The number of hydrogen-bond acceptors (Lipinski definition) is 22. The van der Waals surface area contributed by atoms with Crippen LogP contribution in [0.15, 0.2) is 109 Å². The molecule has 10 N–H and O–H groups in total. The van der Waals surface area contributed by atoms with Crippen molar-refractivity contribution in [1.82, 2.24) is 36.3 Å². The number of fused-ring (bicyclic) bond motifs is 11. The number of carbonyl (C=O) groups excluding carboxylic acids is 10. The summed E-state index contributed by atoms with van der Waals surface area (Å²) in [4.78, 5) is 150. The topological polar surface area (TPSA) is 425 Å². The summed E-state index contributed by atoms with van der Waals surface area (Å²) in [5.41, 5.74) is 21.7. The highest BCUT2D eigenvalue weighted by Gasteiger charge is 2.58. The van der Waals surface area contributed by atoms with Crippen LogP contribution in [0.4, 0.5) is 21.0 Å². The fraction of sp³-hybridized carbons (Fsp3) is 0.578. The van der Waals surface area contributed by atoms with E-state index in [0.29, 0.717) is 75.7 Å². The zero-order chi connectivity index (χ0) is 94.4. The maximum Gasteiger partial charge on any atom is 0.408 e. The van der Waals surface area contributed by atoms with E-state index in [2.05, 4.69) is 83.6 Å². The van der Waals surface area contributed by atoms with Crippen molar-refractivity contribution in [1.29, 1.82) is 0 Å². The molecule has 5 aliphatic rings. The highest BCUT2D eigenvalue weighted by Crippen LogP contribution is 2.61. The molecule has 6 amide bonds. The van der Waals surface area contributed by atoms with Crippen LogP contribution in [-0.2, 0) is 131 Å². The molecular weight excluding hydrogens is 1690 g/mol. The summed E-state index contributed by atoms with van der Waals surface area (Å²) >= 11 is 0. The van der Waals surface area contributed by atoms with Gasteiger partial charge in [0, 0.05) is 103 Å². The SMILES string of the molecule is CCCCOCCOCCOCCn1nnc2c1-c1ccccc1C(C(=O)CCC(=O)NCCOCCOCCOCCOCCC(=O)N[C@H](C(=O)C[C@@H](CCCNC(N)=O)C(=O)Nc1ccc(COC(=O)N[C@@H](CCC(=O)O)C(=O)Cc3ccc4c(c3)[C@@]3(C)CCC[C@](C)(C(=O)CC(=O)[C@@]5(C)CCC[C@]6(C)c7cc(N)ccc7CC[C@@H]56)[C@@H]3CC4)cc1)C(C)C)Cc1ccccc1-2. The lowest BCUT2D eigenvalue weighted by Gasteiger charge is -2.56. The highest BCUT2D eigenvalue weighted by molar-refractivity contribution is 6.05. The van der Waals surface area contributed by atoms with Gasteiger partial charge in [0.15, 0.2) is 11.6 Å². The molecule has 5 aromatic carbocycles. The molecule has 0 aliphatic heterocycles. The van der Waals surface area contributed by atoms with Crippen molar-refractivity contribution >= 4 is 76.1 Å². The number of urea groups is 1. The van der Waals surface area contributed by atoms with Gasteiger partial charge in [0.2, 0.25) is 17.7 Å². The van der Waals surface area contributed by atoms with E-state index in [1.165, 1.54) is 11.1 Å². The van der Waals surface area contributed by atoms with Crippen LogP contribution in [0.2, 0.25) is 0 Å². The number of benzene rings is 5. The first kappa shape index (κ1) is 102. The first-order valence-corrected chi connectivity index (χ1v) is 47.5. The summed E-state index contributed by atoms with van der Waals surface area (Å²) in [6, 6.07) is 31.4. The number of ketones is 5. The number of nitrogens with two attached hydrogens (primary N) is 2. The molecule has 10 atom stereocenters. The first-order chi connectivity index (χ1) is 63.5. The Morgan fingerprint density at radius 2 is 1.15 bits per heavy atom. The predicted molar refractivity (Wildman–Crippen MR) is 498 cm³/mol. The fourth-order valence-electron chi connectivity index (χ4n) is 20.7. The number of nitrogens with one attached hydrogen (secondary N) is 5. The number of ether oxygens (including phenoxy) is 8. The van der Waals surface area contributed by atoms with Crippen LogP contribution in [0, 0.1) is 34.5 Å². The molecule has 1 heterocycles. The number of nitrogen functional groups attached to an aromatic ring is 1. The molecule has 2 fully saturated rings. The average Bonchev–Trinajstić information content (AvgIpc) is 0.865. The third kappa shape index (κ3) is 27.4. The van der Waals surface area contributed by atoms with Gasteiger partial charge < -0.3 is 81.1 Å². The van der Waals surface area contributed by atoms with Gasteiger partial charge in [-0.1, -0.05) is 158 Å². The molecule has 6 aromatic rings. The van der Waals surface area contributed by atoms with E-state index in [9.17, 15) is 53.1 Å². The number of carboxylic acid groups (broad SMARTS) is 1. The highest BCUT2D eigenvalue weighted by atomic mass is 16.6. The molecule has 0 spiro atoms. The summed E-state index contributed by atoms with van der Waals surface area (Å²) in [5, 5.41) is 32.6. The van der Waals surface area contributed by atoms with E-state index in [1.54, 1.807) is 38.1 Å². The largest absolute Gasteiger partial charge is 0.481 e. The second-order valence-corrected chi connectivity index (χ2v) is 37.3. The van der Waals surface area contributed by atoms with Gasteiger partial charge in [-0.25, -0.2) is 14.3 Å². The van der Waals surface area contributed by atoms with Gasteiger partial charge in [0.25, 0.3) is 0 Å². The van der Waals surface area contributed by atoms with Crippen molar-refractivity contribution in [3.63, 3.8) is 0 Å². The summed E-state index contributed by atoms with van der Waals surface area (Å²) in [7, 11) is 0. The Hall–Kier alpha value is -10.5. The molecule has 0 saturated heterocycles. The van der Waals surface area contributed by atoms with Crippen LogP contribution in [0.25, 0.3) is 22.5 Å². The van der Waals surface area contributed by atoms with Gasteiger partial charge in [-0.3, -0.25) is 43.2 Å². The summed E-state index contributed by atoms with van der Waals surface area (Å²) in [5.74, 6) is -4.85. The number of alkyl carbamates (subject to hydrolysis) is 1. The molecule has 1 aromatic heterocycles. The lowest BCUT2D eigenvalue weighted by molar-refractivity contribution is -0.146. The number of aryl methyl sites for hydroxylation is 2. The van der Waals surface area contributed by atoms with Crippen molar-refractivity contribution in [2.45, 2.75) is 238 Å². The van der Waals surface area contributed by atoms with E-state index in [0.717, 1.165) is 128 Å². The van der Waals surface area contributed by atoms with E-state index in [-0.39, 0.29) is 176 Å². The number of Topliss-reactive ketones (excluding diaryl/α,β-unsaturated/α-hetero) is 5. The smallest absolute Gasteiger partial charge is 0.408 e. The number of hydrogen-bond donors (Lipinski definition) is 8. The van der Waals surface area contributed by atoms with Crippen LogP contribution in [0.1, 0.15) is 221 Å². The molecule has 5 aliphatic carbocycles. The molecule has 30 nitrogen and oxygen atoms in total. The van der Waals surface area contributed by atoms with Gasteiger partial charge in [-0.05, 0) is 181 Å². The standard InChI is InChI=1S/C102H138N10O20/c1-8-9-46-125-50-54-129-57-53-128-49-45-112-95-78-21-13-12-20-77(78)79(62-72-17-10-11-19-76(72)94(95)110-111-112)83(113)33-36-90(118)105-44-48-127-52-56-131-59-58-130-55-51-126-47-38-91(119)109-93(67(2)3)85(115)63-73(18-14-43-106-97(104)123)96(122)107-75-30-23-68(24-31-75)66-132-98(124)108-82(32-37-92(120)121)84(114)61-69-22-25-70-27-34-86-99(4,80(70)60-69)39-15-41-101(86,6)88(116)65-89(117)102(7)42-16-40-100(5)81-64-74(103)29-26-71(81)28-35-87(100)102/h10-13,17,19-26,29-31,60,64,67,73,79,82,86-87,93H,8-9,14-16,18,27-28,32-59,61-63,65-66,103H2,1-7H3,(H,105,118)(H,107,122)(H,108,124)(H,109,119)(H,120,121)(H3,104,106,123)/t73-,79?,82+,86-,87-,93+,99-,100-,101+,102+/m1/s1. The number of anilines is 2. The van der Waals surface area contributed by atoms with E-state index >= 15 is 4.79 Å². The lowest BCUT2D eigenvalue weighted by atomic mass is 9.47. The van der Waals surface area contributed by atoms with Crippen LogP contribution in [0.5, 0.6) is 0 Å². The maximum absolute atomic E-state index is 15.0. The second kappa shape index (κ2) is 49.5. The monoisotopic (exact) mass is 1820 g/mol.